The highest BCUT2D eigenvalue weighted by molar-refractivity contribution is 5.65. The van der Waals surface area contributed by atoms with Crippen molar-refractivity contribution in [3.8, 4) is 0 Å². The van der Waals surface area contributed by atoms with E-state index in [0.29, 0.717) is 18.8 Å². The predicted octanol–water partition coefficient (Wildman–Crippen LogP) is 1.10. The van der Waals surface area contributed by atoms with Gasteiger partial charge >= 0.3 is 0 Å². The molecule has 3 N–H and O–H groups in total. The number of nitrogens with one attached hydrogen (secondary N) is 1. The number of nitrogens with two attached hydrogens (primary N) is 1. The Morgan fingerprint density at radius 2 is 2.42 bits per heavy atom. The van der Waals surface area contributed by atoms with E-state index in [1.165, 1.54) is 6.07 Å². The molecule has 0 spiro atoms. The average Bonchev–Trinajstić information content (AvgIpc) is 2.38. The van der Waals surface area contributed by atoms with Gasteiger partial charge in [-0.15, -0.1) is 0 Å². The molecule has 1 aromatic carbocycles. The number of rotatable bonds is 4. The van der Waals surface area contributed by atoms with E-state index in [1.54, 1.807) is 6.07 Å². The first-order chi connectivity index (χ1) is 9.11. The summed E-state index contributed by atoms with van der Waals surface area (Å²) in [5.74, 6) is 5.42. The second-order valence-corrected chi connectivity index (χ2v) is 4.63. The maximum absolute atomic E-state index is 11.0. The number of ether oxygens (including phenoxy) is 1. The lowest BCUT2D eigenvalue weighted by atomic mass is 10.1. The van der Waals surface area contributed by atoms with Gasteiger partial charge in [-0.05, 0) is 12.5 Å². The van der Waals surface area contributed by atoms with E-state index in [2.05, 4.69) is 10.3 Å². The molecule has 1 aromatic rings. The molecule has 104 valence electrons. The molecule has 7 nitrogen and oxygen atoms in total. The summed E-state index contributed by atoms with van der Waals surface area (Å²) in [6.07, 6.45) is 0.182. The molecule has 0 bridgehead atoms. The van der Waals surface area contributed by atoms with Crippen LogP contribution in [0.25, 0.3) is 0 Å². The number of nitro benzene ring substituents is 1. The van der Waals surface area contributed by atoms with Crippen LogP contribution in [0, 0.1) is 10.1 Å². The fourth-order valence-electron chi connectivity index (χ4n) is 2.31. The number of hydrogen-bond donors (Lipinski definition) is 2. The quantitative estimate of drug-likeness (QED) is 0.481. The molecule has 0 radical (unpaired) electrons. The second kappa shape index (κ2) is 5.96. The van der Waals surface area contributed by atoms with E-state index in [9.17, 15) is 10.1 Å². The number of para-hydroxylation sites is 1. The first kappa shape index (κ1) is 13.7. The van der Waals surface area contributed by atoms with Gasteiger partial charge in [-0.2, -0.15) is 0 Å². The number of nitrogen functional groups attached to an aromatic ring is 1. The smallest absolute Gasteiger partial charge is 0.293 e. The predicted molar refractivity (Wildman–Crippen MR) is 71.6 cm³/mol. The fraction of sp³-hybridized carbons (Fsp3) is 0.500. The molecule has 1 atom stereocenters. The van der Waals surface area contributed by atoms with Crippen LogP contribution in [-0.2, 0) is 11.3 Å². The lowest BCUT2D eigenvalue weighted by molar-refractivity contribution is -0.384. The Labute approximate surface area is 111 Å². The van der Waals surface area contributed by atoms with E-state index in [-0.39, 0.29) is 11.8 Å². The van der Waals surface area contributed by atoms with Gasteiger partial charge in [-0.1, -0.05) is 12.1 Å². The van der Waals surface area contributed by atoms with E-state index >= 15 is 0 Å². The maximum atomic E-state index is 11.0. The van der Waals surface area contributed by atoms with Crippen LogP contribution >= 0.6 is 0 Å². The van der Waals surface area contributed by atoms with Crippen LogP contribution in [0.2, 0.25) is 0 Å². The summed E-state index contributed by atoms with van der Waals surface area (Å²) in [5, 5.41) is 11.0. The molecule has 0 aromatic heterocycles. The SMILES string of the molecule is CC1CN(Cc2cccc([N+](=O)[O-])c2NN)CCO1. The van der Waals surface area contributed by atoms with Gasteiger partial charge in [0, 0.05) is 25.7 Å². The topological polar surface area (TPSA) is 93.7 Å². The molecule has 1 aliphatic heterocycles. The van der Waals surface area contributed by atoms with Crippen molar-refractivity contribution >= 4 is 11.4 Å². The van der Waals surface area contributed by atoms with Crippen LogP contribution in [0.15, 0.2) is 18.2 Å². The summed E-state index contributed by atoms with van der Waals surface area (Å²) in [7, 11) is 0. The number of hydrogen-bond acceptors (Lipinski definition) is 6. The summed E-state index contributed by atoms with van der Waals surface area (Å²) in [5.41, 5.74) is 3.65. The van der Waals surface area contributed by atoms with Gasteiger partial charge in [-0.25, -0.2) is 0 Å². The Kier molecular flexibility index (Phi) is 4.31. The Morgan fingerprint density at radius 1 is 1.63 bits per heavy atom. The molecule has 1 heterocycles. The number of anilines is 1. The largest absolute Gasteiger partial charge is 0.376 e. The Balaban J connectivity index is 2.19. The van der Waals surface area contributed by atoms with Crippen molar-refractivity contribution in [2.75, 3.05) is 25.1 Å². The Bertz CT molecular complexity index is 466. The third kappa shape index (κ3) is 3.19. The van der Waals surface area contributed by atoms with Crippen molar-refractivity contribution in [2.24, 2.45) is 5.84 Å². The van der Waals surface area contributed by atoms with Gasteiger partial charge in [0.05, 0.1) is 17.6 Å². The van der Waals surface area contributed by atoms with Crippen LogP contribution in [0.3, 0.4) is 0 Å². The van der Waals surface area contributed by atoms with Gasteiger partial charge in [0.25, 0.3) is 5.69 Å². The summed E-state index contributed by atoms with van der Waals surface area (Å²) in [6.45, 7) is 4.95. The van der Waals surface area contributed by atoms with E-state index in [4.69, 9.17) is 10.6 Å². The molecule has 19 heavy (non-hydrogen) atoms. The van der Waals surface area contributed by atoms with Crippen LogP contribution in [0.5, 0.6) is 0 Å². The number of hydrazine groups is 1. The molecular formula is C12H18N4O3. The van der Waals surface area contributed by atoms with Crippen LogP contribution in [-0.4, -0.2) is 35.6 Å². The molecule has 7 heteroatoms. The average molecular weight is 266 g/mol. The molecular weight excluding hydrogens is 248 g/mol. The van der Waals surface area contributed by atoms with Crippen molar-refractivity contribution in [1.82, 2.24) is 4.90 Å². The lowest BCUT2D eigenvalue weighted by Crippen LogP contribution is -2.40. The summed E-state index contributed by atoms with van der Waals surface area (Å²) in [4.78, 5) is 12.7. The molecule has 1 saturated heterocycles. The fourth-order valence-corrected chi connectivity index (χ4v) is 2.31. The van der Waals surface area contributed by atoms with Crippen LogP contribution < -0.4 is 11.3 Å². The minimum atomic E-state index is -0.430. The highest BCUT2D eigenvalue weighted by atomic mass is 16.6. The van der Waals surface area contributed by atoms with Gasteiger partial charge in [0.15, 0.2) is 0 Å². The second-order valence-electron chi connectivity index (χ2n) is 4.63. The van der Waals surface area contributed by atoms with Gasteiger partial charge < -0.3 is 10.2 Å². The lowest BCUT2D eigenvalue weighted by Gasteiger charge is -2.31. The number of nitro groups is 1. The third-order valence-corrected chi connectivity index (χ3v) is 3.19. The van der Waals surface area contributed by atoms with E-state index < -0.39 is 4.92 Å². The molecule has 1 aliphatic rings. The van der Waals surface area contributed by atoms with Crippen LogP contribution in [0.1, 0.15) is 12.5 Å². The monoisotopic (exact) mass is 266 g/mol. The zero-order valence-corrected chi connectivity index (χ0v) is 10.8. The molecule has 0 saturated carbocycles. The van der Waals surface area contributed by atoms with Crippen molar-refractivity contribution in [3.63, 3.8) is 0 Å². The molecule has 1 unspecified atom stereocenters. The maximum Gasteiger partial charge on any atom is 0.293 e. The standard InChI is InChI=1S/C12H18N4O3/c1-9-7-15(5-6-19-9)8-10-3-2-4-11(16(17)18)12(10)14-13/h2-4,9,14H,5-8,13H2,1H3. The summed E-state index contributed by atoms with van der Waals surface area (Å²) in [6, 6.07) is 4.97. The van der Waals surface area contributed by atoms with E-state index in [1.807, 2.05) is 13.0 Å². The van der Waals surface area contributed by atoms with Gasteiger partial charge in [0.1, 0.15) is 5.69 Å². The van der Waals surface area contributed by atoms with Crippen molar-refractivity contribution in [3.05, 3.63) is 33.9 Å². The summed E-state index contributed by atoms with van der Waals surface area (Å²) >= 11 is 0. The first-order valence-electron chi connectivity index (χ1n) is 6.18. The first-order valence-corrected chi connectivity index (χ1v) is 6.18. The molecule has 0 aliphatic carbocycles. The zero-order valence-electron chi connectivity index (χ0n) is 10.8. The summed E-state index contributed by atoms with van der Waals surface area (Å²) < 4.78 is 5.47. The van der Waals surface area contributed by atoms with E-state index in [0.717, 1.165) is 18.7 Å². The minimum Gasteiger partial charge on any atom is -0.376 e. The minimum absolute atomic E-state index is 0.00121. The normalized spacial score (nSPS) is 20.2. The molecule has 0 amide bonds. The van der Waals surface area contributed by atoms with Gasteiger partial charge in [-0.3, -0.25) is 20.9 Å². The van der Waals surface area contributed by atoms with Crippen LogP contribution in [0.4, 0.5) is 11.4 Å². The third-order valence-electron chi connectivity index (χ3n) is 3.19. The highest BCUT2D eigenvalue weighted by Gasteiger charge is 2.21. The zero-order chi connectivity index (χ0) is 13.8. The van der Waals surface area contributed by atoms with Crippen molar-refractivity contribution in [2.45, 2.75) is 19.6 Å². The highest BCUT2D eigenvalue weighted by Crippen LogP contribution is 2.28. The van der Waals surface area contributed by atoms with Crippen molar-refractivity contribution < 1.29 is 9.66 Å². The Morgan fingerprint density at radius 3 is 3.05 bits per heavy atom. The Hall–Kier alpha value is -1.70. The van der Waals surface area contributed by atoms with Gasteiger partial charge in [0.2, 0.25) is 0 Å². The molecule has 2 rings (SSSR count). The number of nitrogens with zero attached hydrogens (tertiary/aromatic N) is 2. The number of benzene rings is 1. The molecule has 1 fully saturated rings. The van der Waals surface area contributed by atoms with Crippen molar-refractivity contribution in [1.29, 1.82) is 0 Å². The number of morpholine rings is 1.